The number of aromatic nitrogens is 4. The third-order valence-electron chi connectivity index (χ3n) is 17.3. The van der Waals surface area contributed by atoms with Gasteiger partial charge in [-0.1, -0.05) is 242 Å². The molecule has 0 radical (unpaired) electrons. The number of hydrogen-bond donors (Lipinski definition) is 0. The summed E-state index contributed by atoms with van der Waals surface area (Å²) in [6, 6.07) is 52.0. The number of nitrogens with zero attached hydrogens (tertiary/aromatic N) is 5. The maximum absolute atomic E-state index is 13.4. The van der Waals surface area contributed by atoms with Gasteiger partial charge in [0.1, 0.15) is 11.6 Å². The molecule has 418 valence electrons. The Morgan fingerprint density at radius 2 is 0.489 bits per heavy atom. The lowest BCUT2D eigenvalue weighted by Crippen LogP contribution is -2.16. The molecule has 90 heavy (non-hydrogen) atoms. The van der Waals surface area contributed by atoms with Crippen molar-refractivity contribution in [3.63, 3.8) is 0 Å². The average Bonchev–Trinajstić information content (AvgIpc) is 1.41. The van der Waals surface area contributed by atoms with Gasteiger partial charge in [-0.05, 0) is 129 Å². The molecular formula is C85H53N5. The highest BCUT2D eigenvalue weighted by Gasteiger charge is 2.35. The summed E-state index contributed by atoms with van der Waals surface area (Å²) in [7, 11) is 0. The first kappa shape index (κ1) is 34.8. The van der Waals surface area contributed by atoms with Crippen molar-refractivity contribution in [2.45, 2.75) is 0 Å². The van der Waals surface area contributed by atoms with E-state index in [1.54, 1.807) is 48.5 Å². The number of benzene rings is 14. The van der Waals surface area contributed by atoms with Gasteiger partial charge in [-0.15, -0.1) is 0 Å². The van der Waals surface area contributed by atoms with Gasteiger partial charge in [-0.2, -0.15) is 5.26 Å². The van der Waals surface area contributed by atoms with Crippen molar-refractivity contribution in [2.75, 3.05) is 0 Å². The van der Waals surface area contributed by atoms with Crippen LogP contribution in [0.4, 0.5) is 0 Å². The summed E-state index contributed by atoms with van der Waals surface area (Å²) in [6.07, 6.45) is 0. The monoisotopic (exact) mass is 1160 g/mol. The molecule has 0 unspecified atom stereocenters. The number of fused-ring (bicyclic) bond motifs is 12. The molecule has 14 aromatic carbocycles. The van der Waals surface area contributed by atoms with E-state index in [0.717, 1.165) is 21.5 Å². The topological polar surface area (TPSA) is 43.5 Å². The average molecular weight is 1160 g/mol. The normalized spacial score (nSPS) is 14.9. The van der Waals surface area contributed by atoms with Crippen LogP contribution in [0.25, 0.3) is 166 Å². The summed E-state index contributed by atoms with van der Waals surface area (Å²) in [5.74, 6) is 0. The van der Waals surface area contributed by atoms with Gasteiger partial charge in [0.15, 0.2) is 0 Å². The second kappa shape index (κ2) is 20.5. The zero-order valence-electron chi connectivity index (χ0n) is 67.3. The lowest BCUT2D eigenvalue weighted by Gasteiger charge is -2.29. The van der Waals surface area contributed by atoms with Crippen molar-refractivity contribution in [3.05, 3.63) is 327 Å². The van der Waals surface area contributed by atoms with Gasteiger partial charge < -0.3 is 18.3 Å². The summed E-state index contributed by atoms with van der Waals surface area (Å²) in [4.78, 5) is 0. The van der Waals surface area contributed by atoms with Gasteiger partial charge >= 0.3 is 0 Å². The fraction of sp³-hybridized carbons (Fsp3) is 0. The fourth-order valence-corrected chi connectivity index (χ4v) is 13.7. The number of nitriles is 1. The van der Waals surface area contributed by atoms with Crippen LogP contribution in [0, 0.1) is 11.3 Å². The van der Waals surface area contributed by atoms with Crippen molar-refractivity contribution < 1.29 is 27.4 Å². The number of rotatable bonds is 9. The lowest BCUT2D eigenvalue weighted by atomic mass is 9.89. The first-order valence-electron chi connectivity index (χ1n) is 39.1. The Morgan fingerprint density at radius 3 is 0.800 bits per heavy atom. The standard InChI is InChI=1S/C85H53N5/c86-54-72-82(87-73-39-19-13-33-64(73)65-34-14-20-40-74(65)87)84(89-77-43-23-17-37-68(77)70-52-59(45-47-79(70)89)55-25-5-1-6-26-55)81(63-50-61(57-29-9-3-10-30-57)49-62(51-63)58-31-11-4-12-32-58)85(83(72)88-75-41-21-15-35-66(75)67-36-16-22-42-76(67)88)90-78-44-24-18-38-69(78)71-53-60(46-48-80(71)90)56-27-7-2-8-28-56/h1-53H/i1D,2D,3D,4D,5D,6D,7D,8D,9D,10D,11D,12D,25D,26D,27D,28D,29D,30D,31D,32D. The molecule has 5 nitrogen and oxygen atoms in total. The summed E-state index contributed by atoms with van der Waals surface area (Å²) in [6.45, 7) is 0. The second-order valence-corrected chi connectivity index (χ2v) is 22.0. The van der Waals surface area contributed by atoms with E-state index >= 15 is 0 Å². The van der Waals surface area contributed by atoms with Crippen LogP contribution in [0.5, 0.6) is 0 Å². The highest BCUT2D eigenvalue weighted by atomic mass is 15.1. The molecule has 0 aliphatic heterocycles. The number of para-hydroxylation sites is 6. The van der Waals surface area contributed by atoms with E-state index in [2.05, 4.69) is 6.07 Å². The smallest absolute Gasteiger partial charge is 0.104 e. The molecule has 0 atom stereocenters. The molecule has 0 saturated heterocycles. The molecule has 0 bridgehead atoms. The van der Waals surface area contributed by atoms with E-state index in [9.17, 15) is 21.7 Å². The van der Waals surface area contributed by atoms with Crippen LogP contribution < -0.4 is 0 Å². The van der Waals surface area contributed by atoms with Gasteiger partial charge in [0.2, 0.25) is 0 Å². The van der Waals surface area contributed by atoms with Crippen LogP contribution in [0.2, 0.25) is 0 Å². The molecule has 4 heterocycles. The van der Waals surface area contributed by atoms with Gasteiger partial charge in [0.25, 0.3) is 0 Å². The van der Waals surface area contributed by atoms with Crippen LogP contribution >= 0.6 is 0 Å². The van der Waals surface area contributed by atoms with Crippen LogP contribution in [-0.2, 0) is 0 Å². The van der Waals surface area contributed by atoms with Crippen molar-refractivity contribution in [1.82, 2.24) is 18.3 Å². The molecule has 4 aromatic heterocycles. The Kier molecular flexibility index (Phi) is 7.91. The summed E-state index contributed by atoms with van der Waals surface area (Å²) in [5.41, 5.74) is 5.24. The number of hydrogen-bond acceptors (Lipinski definition) is 1. The van der Waals surface area contributed by atoms with Gasteiger partial charge in [-0.3, -0.25) is 0 Å². The minimum atomic E-state index is -0.698. The Bertz CT molecular complexity index is 6630. The van der Waals surface area contributed by atoms with Crippen molar-refractivity contribution in [3.8, 4) is 84.5 Å². The van der Waals surface area contributed by atoms with Crippen molar-refractivity contribution in [2.24, 2.45) is 0 Å². The minimum Gasteiger partial charge on any atom is -0.306 e. The van der Waals surface area contributed by atoms with E-state index in [4.69, 9.17) is 11.0 Å². The molecule has 0 aliphatic carbocycles. The van der Waals surface area contributed by atoms with Crippen molar-refractivity contribution >= 4 is 87.2 Å². The molecular weight excluding hydrogens is 1090 g/mol. The molecule has 18 rings (SSSR count). The first-order valence-corrected chi connectivity index (χ1v) is 29.1. The minimum absolute atomic E-state index is 0.0488. The van der Waals surface area contributed by atoms with E-state index in [0.29, 0.717) is 65.7 Å². The third kappa shape index (κ3) is 7.75. The van der Waals surface area contributed by atoms with Gasteiger partial charge in [0.05, 0.1) is 94.3 Å². The Balaban J connectivity index is 1.17. The third-order valence-corrected chi connectivity index (χ3v) is 17.3. The lowest BCUT2D eigenvalue weighted by molar-refractivity contribution is 1.04. The van der Waals surface area contributed by atoms with Gasteiger partial charge in [0, 0.05) is 48.7 Å². The predicted molar refractivity (Wildman–Crippen MR) is 376 cm³/mol. The molecule has 0 N–H and O–H groups in total. The first-order chi connectivity index (χ1) is 52.9. The summed E-state index contributed by atoms with van der Waals surface area (Å²) in [5, 5.41) is 18.7. The highest BCUT2D eigenvalue weighted by molar-refractivity contribution is 6.18. The van der Waals surface area contributed by atoms with E-state index < -0.39 is 121 Å². The molecule has 5 heteroatoms. The molecule has 0 aliphatic rings. The van der Waals surface area contributed by atoms with Crippen LogP contribution in [0.3, 0.4) is 0 Å². The zero-order valence-corrected chi connectivity index (χ0v) is 47.3. The largest absolute Gasteiger partial charge is 0.306 e. The highest BCUT2D eigenvalue weighted by Crippen LogP contribution is 2.53. The fourth-order valence-electron chi connectivity index (χ4n) is 13.7. The molecule has 0 fully saturated rings. The van der Waals surface area contributed by atoms with Gasteiger partial charge in [-0.25, -0.2) is 0 Å². The van der Waals surface area contributed by atoms with Crippen molar-refractivity contribution in [1.29, 1.82) is 5.26 Å². The van der Waals surface area contributed by atoms with E-state index in [1.165, 1.54) is 6.07 Å². The van der Waals surface area contributed by atoms with Crippen LogP contribution in [0.1, 0.15) is 33.0 Å². The van der Waals surface area contributed by atoms with E-state index in [1.807, 2.05) is 164 Å². The molecule has 0 saturated carbocycles. The second-order valence-electron chi connectivity index (χ2n) is 22.0. The van der Waals surface area contributed by atoms with Crippen LogP contribution in [0.15, 0.2) is 321 Å². The Hall–Kier alpha value is -12.2. The Labute approximate surface area is 547 Å². The van der Waals surface area contributed by atoms with E-state index in [-0.39, 0.29) is 83.9 Å². The summed E-state index contributed by atoms with van der Waals surface area (Å²) < 4.78 is 192. The molecule has 0 amide bonds. The maximum atomic E-state index is 13.4. The van der Waals surface area contributed by atoms with Crippen LogP contribution in [-0.4, -0.2) is 18.3 Å². The molecule has 18 aromatic rings. The SMILES string of the molecule is [2H]c1c([2H])c([2H])c(-c2cc(-c3c([2H])c([2H])c([2H])c([2H])c3[2H])cc(-c3c(-n4c5ccccc5c5cc(-c6c([2H])c([2H])c([2H])c([2H])c6[2H])ccc54)c(-n4c5ccccc5c5ccccc54)c(C#N)c(-n4c5ccccc5c5ccccc54)c3-n3c4ccccc4c4cc(-c5c([2H])c([2H])c([2H])c([2H])c5[2H])ccc43)c2)c([2H])c1[2H]. The Morgan fingerprint density at radius 1 is 0.233 bits per heavy atom. The molecule has 0 spiro atoms. The summed E-state index contributed by atoms with van der Waals surface area (Å²) >= 11 is 0. The quantitative estimate of drug-likeness (QED) is 0.142. The maximum Gasteiger partial charge on any atom is 0.104 e. The zero-order chi connectivity index (χ0) is 76.8. The predicted octanol–water partition coefficient (Wildman–Crippen LogP) is 22.3.